The van der Waals surface area contributed by atoms with E-state index in [-0.39, 0.29) is 5.75 Å². The molecule has 0 saturated carbocycles. The van der Waals surface area contributed by atoms with Gasteiger partial charge in [-0.25, -0.2) is 8.42 Å². The molecule has 0 amide bonds. The molecule has 0 saturated heterocycles. The Morgan fingerprint density at radius 1 is 1.67 bits per heavy atom. The number of hydrogen-bond acceptors (Lipinski definition) is 4. The van der Waals surface area contributed by atoms with Crippen LogP contribution in [0.3, 0.4) is 0 Å². The molecule has 0 aliphatic carbocycles. The lowest BCUT2D eigenvalue weighted by atomic mass is 10.3. The highest BCUT2D eigenvalue weighted by molar-refractivity contribution is 7.90. The number of aromatic amines is 1. The summed E-state index contributed by atoms with van der Waals surface area (Å²) in [6, 6.07) is 0. The van der Waals surface area contributed by atoms with Gasteiger partial charge in [0.1, 0.15) is 9.84 Å². The first kappa shape index (κ1) is 9.05. The van der Waals surface area contributed by atoms with Gasteiger partial charge < -0.3 is 5.73 Å². The molecule has 0 bridgehead atoms. The standard InChI is InChI=1S/C6H11N3O2S/c1-12(10,11)3-2-6-5(7)4-8-9-6/h4H,2-3,7H2,1H3,(H,8,9). The summed E-state index contributed by atoms with van der Waals surface area (Å²) in [5.41, 5.74) is 6.67. The van der Waals surface area contributed by atoms with Gasteiger partial charge in [0.15, 0.2) is 0 Å². The average Bonchev–Trinajstić information content (AvgIpc) is 2.29. The van der Waals surface area contributed by atoms with E-state index in [0.717, 1.165) is 0 Å². The van der Waals surface area contributed by atoms with Crippen molar-refractivity contribution in [1.29, 1.82) is 0 Å². The van der Waals surface area contributed by atoms with Crippen molar-refractivity contribution in [3.8, 4) is 0 Å². The minimum atomic E-state index is -2.92. The molecular weight excluding hydrogens is 178 g/mol. The van der Waals surface area contributed by atoms with Crippen LogP contribution in [0.1, 0.15) is 5.69 Å². The fraction of sp³-hybridized carbons (Fsp3) is 0.500. The van der Waals surface area contributed by atoms with Crippen LogP contribution in [0.5, 0.6) is 0 Å². The van der Waals surface area contributed by atoms with Gasteiger partial charge in [0, 0.05) is 12.7 Å². The molecule has 68 valence electrons. The number of rotatable bonds is 3. The summed E-state index contributed by atoms with van der Waals surface area (Å²) in [6.07, 6.45) is 3.06. The van der Waals surface area contributed by atoms with E-state index in [1.807, 2.05) is 0 Å². The predicted molar refractivity (Wildman–Crippen MR) is 46.4 cm³/mol. The highest BCUT2D eigenvalue weighted by atomic mass is 32.2. The second-order valence-corrected chi connectivity index (χ2v) is 4.94. The topological polar surface area (TPSA) is 88.8 Å². The number of H-pyrrole nitrogens is 1. The molecule has 0 aliphatic rings. The third kappa shape index (κ3) is 2.54. The number of nitrogens with one attached hydrogen (secondary N) is 1. The molecule has 5 nitrogen and oxygen atoms in total. The number of aromatic nitrogens is 2. The Hall–Kier alpha value is -1.04. The Bertz CT molecular complexity index is 355. The third-order valence-electron chi connectivity index (χ3n) is 1.47. The molecule has 0 spiro atoms. The van der Waals surface area contributed by atoms with Crippen molar-refractivity contribution >= 4 is 15.5 Å². The number of aryl methyl sites for hydroxylation is 1. The molecule has 0 aliphatic heterocycles. The number of hydrogen-bond donors (Lipinski definition) is 2. The number of nitrogens with zero attached hydrogens (tertiary/aromatic N) is 1. The summed E-state index contributed by atoms with van der Waals surface area (Å²) in [6.45, 7) is 0. The summed E-state index contributed by atoms with van der Waals surface area (Å²) < 4.78 is 21.5. The van der Waals surface area contributed by atoms with Crippen LogP contribution in [-0.2, 0) is 16.3 Å². The molecule has 1 aromatic rings. The number of anilines is 1. The van der Waals surface area contributed by atoms with Gasteiger partial charge in [0.25, 0.3) is 0 Å². The summed E-state index contributed by atoms with van der Waals surface area (Å²) in [7, 11) is -2.92. The van der Waals surface area contributed by atoms with Crippen molar-refractivity contribution in [2.24, 2.45) is 0 Å². The maximum absolute atomic E-state index is 10.8. The zero-order valence-corrected chi connectivity index (χ0v) is 7.56. The first-order chi connectivity index (χ1) is 5.49. The summed E-state index contributed by atoms with van der Waals surface area (Å²) in [5, 5.41) is 6.32. The maximum Gasteiger partial charge on any atom is 0.147 e. The summed E-state index contributed by atoms with van der Waals surface area (Å²) in [5.74, 6) is 0.0966. The fourth-order valence-electron chi connectivity index (χ4n) is 0.810. The van der Waals surface area contributed by atoms with E-state index < -0.39 is 9.84 Å². The molecule has 6 heteroatoms. The van der Waals surface area contributed by atoms with Crippen molar-refractivity contribution in [3.63, 3.8) is 0 Å². The van der Waals surface area contributed by atoms with Gasteiger partial charge in [0.05, 0.1) is 23.3 Å². The van der Waals surface area contributed by atoms with E-state index in [1.165, 1.54) is 12.5 Å². The lowest BCUT2D eigenvalue weighted by molar-refractivity contribution is 0.601. The average molecular weight is 189 g/mol. The number of nitrogen functional groups attached to an aromatic ring is 1. The van der Waals surface area contributed by atoms with Crippen molar-refractivity contribution in [3.05, 3.63) is 11.9 Å². The Balaban J connectivity index is 2.61. The summed E-state index contributed by atoms with van der Waals surface area (Å²) >= 11 is 0. The lowest BCUT2D eigenvalue weighted by Gasteiger charge is -1.96. The molecular formula is C6H11N3O2S. The molecule has 0 unspecified atom stereocenters. The van der Waals surface area contributed by atoms with Gasteiger partial charge in [-0.15, -0.1) is 0 Å². The van der Waals surface area contributed by atoms with Crippen molar-refractivity contribution in [2.45, 2.75) is 6.42 Å². The molecule has 0 aromatic carbocycles. The Labute approximate surface area is 70.9 Å². The van der Waals surface area contributed by atoms with Crippen LogP contribution in [0.15, 0.2) is 6.20 Å². The molecule has 0 fully saturated rings. The first-order valence-electron chi connectivity index (χ1n) is 3.44. The molecule has 1 aromatic heterocycles. The smallest absolute Gasteiger partial charge is 0.147 e. The SMILES string of the molecule is CS(=O)(=O)CCc1[nH]ncc1N. The van der Waals surface area contributed by atoms with E-state index in [2.05, 4.69) is 10.2 Å². The van der Waals surface area contributed by atoms with Gasteiger partial charge >= 0.3 is 0 Å². The molecule has 1 rings (SSSR count). The second kappa shape index (κ2) is 3.14. The fourth-order valence-corrected chi connectivity index (χ4v) is 1.38. The maximum atomic E-state index is 10.8. The van der Waals surface area contributed by atoms with Crippen LogP contribution in [0.25, 0.3) is 0 Å². The minimum Gasteiger partial charge on any atom is -0.396 e. The lowest BCUT2D eigenvalue weighted by Crippen LogP contribution is -2.07. The monoisotopic (exact) mass is 189 g/mol. The van der Waals surface area contributed by atoms with E-state index >= 15 is 0 Å². The Morgan fingerprint density at radius 2 is 2.33 bits per heavy atom. The van der Waals surface area contributed by atoms with E-state index in [4.69, 9.17) is 5.73 Å². The molecule has 1 heterocycles. The quantitative estimate of drug-likeness (QED) is 0.675. The van der Waals surface area contributed by atoms with Crippen LogP contribution in [-0.4, -0.2) is 30.6 Å². The first-order valence-corrected chi connectivity index (χ1v) is 5.50. The van der Waals surface area contributed by atoms with Crippen molar-refractivity contribution in [2.75, 3.05) is 17.7 Å². The third-order valence-corrected chi connectivity index (χ3v) is 2.42. The van der Waals surface area contributed by atoms with Crippen LogP contribution in [0.2, 0.25) is 0 Å². The zero-order valence-electron chi connectivity index (χ0n) is 6.74. The van der Waals surface area contributed by atoms with Gasteiger partial charge in [-0.1, -0.05) is 0 Å². The molecule has 3 N–H and O–H groups in total. The van der Waals surface area contributed by atoms with Gasteiger partial charge in [-0.3, -0.25) is 5.10 Å². The number of sulfone groups is 1. The van der Waals surface area contributed by atoms with Crippen molar-refractivity contribution < 1.29 is 8.42 Å². The van der Waals surface area contributed by atoms with Crippen LogP contribution in [0, 0.1) is 0 Å². The summed E-state index contributed by atoms with van der Waals surface area (Å²) in [4.78, 5) is 0. The second-order valence-electron chi connectivity index (χ2n) is 2.68. The normalized spacial score (nSPS) is 11.8. The number of nitrogens with two attached hydrogens (primary N) is 1. The van der Waals surface area contributed by atoms with E-state index in [1.54, 1.807) is 0 Å². The zero-order chi connectivity index (χ0) is 9.19. The molecule has 0 atom stereocenters. The van der Waals surface area contributed by atoms with Gasteiger partial charge in [-0.2, -0.15) is 5.10 Å². The van der Waals surface area contributed by atoms with Gasteiger partial charge in [0.2, 0.25) is 0 Å². The van der Waals surface area contributed by atoms with Crippen LogP contribution < -0.4 is 5.73 Å². The van der Waals surface area contributed by atoms with Gasteiger partial charge in [-0.05, 0) is 0 Å². The predicted octanol–water partition coefficient (Wildman–Crippen LogP) is -0.421. The van der Waals surface area contributed by atoms with E-state index in [9.17, 15) is 8.42 Å². The highest BCUT2D eigenvalue weighted by Gasteiger charge is 2.06. The minimum absolute atomic E-state index is 0.0966. The Kier molecular flexibility index (Phi) is 2.37. The van der Waals surface area contributed by atoms with Crippen molar-refractivity contribution in [1.82, 2.24) is 10.2 Å². The molecule has 0 radical (unpaired) electrons. The Morgan fingerprint density at radius 3 is 2.75 bits per heavy atom. The van der Waals surface area contributed by atoms with E-state index in [0.29, 0.717) is 17.8 Å². The van der Waals surface area contributed by atoms with Crippen LogP contribution >= 0.6 is 0 Å². The highest BCUT2D eigenvalue weighted by Crippen LogP contribution is 2.07. The largest absolute Gasteiger partial charge is 0.396 e. The van der Waals surface area contributed by atoms with Crippen LogP contribution in [0.4, 0.5) is 5.69 Å². The molecule has 12 heavy (non-hydrogen) atoms.